The molecule has 3 unspecified atom stereocenters. The Morgan fingerprint density at radius 2 is 2.47 bits per heavy atom. The van der Waals surface area contributed by atoms with Gasteiger partial charge in [-0.25, -0.2) is 4.79 Å². The van der Waals surface area contributed by atoms with Crippen molar-refractivity contribution in [1.29, 1.82) is 0 Å². The number of nitrogens with zero attached hydrogens (tertiary/aromatic N) is 2. The van der Waals surface area contributed by atoms with Crippen molar-refractivity contribution >= 4 is 6.09 Å². The van der Waals surface area contributed by atoms with Crippen molar-refractivity contribution in [2.75, 3.05) is 0 Å². The van der Waals surface area contributed by atoms with E-state index >= 15 is 0 Å². The molecule has 0 aromatic carbocycles. The van der Waals surface area contributed by atoms with Crippen LogP contribution in [0.5, 0.6) is 0 Å². The van der Waals surface area contributed by atoms with E-state index in [9.17, 15) is 4.79 Å². The number of hydrogen-bond acceptors (Lipinski definition) is 5. The van der Waals surface area contributed by atoms with E-state index in [1.54, 1.807) is 0 Å². The van der Waals surface area contributed by atoms with Crippen molar-refractivity contribution in [3.63, 3.8) is 0 Å². The lowest BCUT2D eigenvalue weighted by atomic mass is 9.59. The third-order valence-electron chi connectivity index (χ3n) is 4.52. The van der Waals surface area contributed by atoms with E-state index in [0.29, 0.717) is 5.92 Å². The van der Waals surface area contributed by atoms with Crippen LogP contribution in [0.15, 0.2) is 10.9 Å². The molecule has 1 heterocycles. The van der Waals surface area contributed by atoms with Gasteiger partial charge >= 0.3 is 6.09 Å². The Hall–Kier alpha value is -1.59. The quantitative estimate of drug-likeness (QED) is 0.903. The summed E-state index contributed by atoms with van der Waals surface area (Å²) in [5.74, 6) is 1.37. The lowest BCUT2D eigenvalue weighted by molar-refractivity contribution is -0.0227. The molecule has 3 atom stereocenters. The Morgan fingerprint density at radius 1 is 1.58 bits per heavy atom. The molecule has 6 heteroatoms. The van der Waals surface area contributed by atoms with E-state index in [1.807, 2.05) is 0 Å². The molecule has 2 aliphatic rings. The summed E-state index contributed by atoms with van der Waals surface area (Å²) in [6, 6.07) is 0. The fraction of sp³-hybridized carbons (Fsp3) is 0.769. The maximum absolute atomic E-state index is 11.0. The third kappa shape index (κ3) is 2.72. The lowest BCUT2D eigenvalue weighted by Gasteiger charge is -2.47. The largest absolute Gasteiger partial charge is 0.446 e. The van der Waals surface area contributed by atoms with Crippen LogP contribution in [-0.2, 0) is 11.2 Å². The summed E-state index contributed by atoms with van der Waals surface area (Å²) in [4.78, 5) is 15.1. The van der Waals surface area contributed by atoms with Crippen LogP contribution in [0.3, 0.4) is 0 Å². The van der Waals surface area contributed by atoms with Crippen LogP contribution in [0.1, 0.15) is 44.3 Å². The van der Waals surface area contributed by atoms with Crippen molar-refractivity contribution in [3.8, 4) is 0 Å². The summed E-state index contributed by atoms with van der Waals surface area (Å²) in [7, 11) is 0. The molecule has 1 aromatic heterocycles. The Morgan fingerprint density at radius 3 is 3.21 bits per heavy atom. The highest BCUT2D eigenvalue weighted by Crippen LogP contribution is 2.51. The van der Waals surface area contributed by atoms with E-state index in [-0.39, 0.29) is 11.5 Å². The number of primary amides is 1. The SMILES string of the molecule is NC(=O)OC1CC2CCCC(Cc3ncon3)(C2)C1. The van der Waals surface area contributed by atoms with E-state index in [2.05, 4.69) is 10.1 Å². The summed E-state index contributed by atoms with van der Waals surface area (Å²) >= 11 is 0. The minimum absolute atomic E-state index is 0.0524. The average Bonchev–Trinajstić information content (AvgIpc) is 2.79. The number of carbonyl (C=O) groups is 1. The molecule has 2 saturated carbocycles. The van der Waals surface area contributed by atoms with Gasteiger partial charge in [0.2, 0.25) is 6.39 Å². The van der Waals surface area contributed by atoms with Gasteiger partial charge in [0.1, 0.15) is 6.10 Å². The van der Waals surface area contributed by atoms with E-state index in [0.717, 1.165) is 31.5 Å². The third-order valence-corrected chi connectivity index (χ3v) is 4.52. The second-order valence-corrected chi connectivity index (χ2v) is 5.99. The van der Waals surface area contributed by atoms with Crippen molar-refractivity contribution in [1.82, 2.24) is 10.1 Å². The molecular weight excluding hydrogens is 246 g/mol. The second-order valence-electron chi connectivity index (χ2n) is 5.99. The zero-order valence-electron chi connectivity index (χ0n) is 10.9. The minimum atomic E-state index is -0.667. The second kappa shape index (κ2) is 4.83. The standard InChI is InChI=1S/C13H19N3O3/c14-12(17)19-10-4-9-2-1-3-13(5-9,6-10)7-11-15-8-18-16-11/h8-10H,1-7H2,(H2,14,17). The molecule has 19 heavy (non-hydrogen) atoms. The normalized spacial score (nSPS) is 33.9. The number of rotatable bonds is 3. The Bertz CT molecular complexity index is 448. The van der Waals surface area contributed by atoms with Crippen LogP contribution >= 0.6 is 0 Å². The molecule has 2 aliphatic carbocycles. The van der Waals surface area contributed by atoms with Gasteiger partial charge in [-0.15, -0.1) is 0 Å². The number of amides is 1. The molecule has 104 valence electrons. The fourth-order valence-corrected chi connectivity index (χ4v) is 4.00. The number of fused-ring (bicyclic) bond motifs is 2. The number of carbonyl (C=O) groups excluding carboxylic acids is 1. The summed E-state index contributed by atoms with van der Waals surface area (Å²) in [6.07, 6.45) is 8.00. The minimum Gasteiger partial charge on any atom is -0.446 e. The van der Waals surface area contributed by atoms with Gasteiger partial charge in [0.15, 0.2) is 5.82 Å². The molecular formula is C13H19N3O3. The van der Waals surface area contributed by atoms with Crippen LogP contribution in [0.25, 0.3) is 0 Å². The lowest BCUT2D eigenvalue weighted by Crippen LogP contribution is -2.42. The topological polar surface area (TPSA) is 91.2 Å². The van der Waals surface area contributed by atoms with Crippen LogP contribution < -0.4 is 5.73 Å². The molecule has 0 saturated heterocycles. The van der Waals surface area contributed by atoms with E-state index < -0.39 is 6.09 Å². The Kier molecular flexibility index (Phi) is 3.16. The van der Waals surface area contributed by atoms with Gasteiger partial charge in [-0.2, -0.15) is 4.98 Å². The average molecular weight is 265 g/mol. The van der Waals surface area contributed by atoms with Crippen LogP contribution in [0.4, 0.5) is 4.79 Å². The van der Waals surface area contributed by atoms with Gasteiger partial charge in [-0.05, 0) is 37.0 Å². The monoisotopic (exact) mass is 265 g/mol. The molecule has 0 aliphatic heterocycles. The first-order valence-electron chi connectivity index (χ1n) is 6.87. The van der Waals surface area contributed by atoms with Crippen LogP contribution in [0.2, 0.25) is 0 Å². The van der Waals surface area contributed by atoms with Crippen molar-refractivity contribution in [2.45, 2.75) is 51.0 Å². The zero-order valence-corrected chi connectivity index (χ0v) is 10.9. The number of ether oxygens (including phenoxy) is 1. The zero-order chi connectivity index (χ0) is 13.3. The van der Waals surface area contributed by atoms with Crippen molar-refractivity contribution < 1.29 is 14.1 Å². The summed E-state index contributed by atoms with van der Waals surface area (Å²) in [6.45, 7) is 0. The first-order valence-corrected chi connectivity index (χ1v) is 6.87. The van der Waals surface area contributed by atoms with Crippen LogP contribution in [0, 0.1) is 11.3 Å². The molecule has 3 rings (SSSR count). The van der Waals surface area contributed by atoms with Gasteiger partial charge in [0.25, 0.3) is 0 Å². The number of nitrogens with two attached hydrogens (primary N) is 1. The van der Waals surface area contributed by atoms with Crippen molar-refractivity contribution in [2.24, 2.45) is 17.1 Å². The van der Waals surface area contributed by atoms with Crippen molar-refractivity contribution in [3.05, 3.63) is 12.2 Å². The van der Waals surface area contributed by atoms with Gasteiger partial charge < -0.3 is 15.0 Å². The maximum atomic E-state index is 11.0. The molecule has 1 aromatic rings. The summed E-state index contributed by atoms with van der Waals surface area (Å²) < 4.78 is 10.1. The highest BCUT2D eigenvalue weighted by molar-refractivity contribution is 5.64. The molecule has 2 fully saturated rings. The number of aromatic nitrogens is 2. The molecule has 0 spiro atoms. The van der Waals surface area contributed by atoms with Gasteiger partial charge in [0.05, 0.1) is 0 Å². The molecule has 2 N–H and O–H groups in total. The summed E-state index contributed by atoms with van der Waals surface area (Å²) in [5, 5.41) is 3.92. The first kappa shape index (κ1) is 12.4. The smallest absolute Gasteiger partial charge is 0.404 e. The molecule has 6 nitrogen and oxygen atoms in total. The predicted octanol–water partition coefficient (Wildman–Crippen LogP) is 2.05. The summed E-state index contributed by atoms with van der Waals surface area (Å²) in [5.41, 5.74) is 5.30. The number of hydrogen-bond donors (Lipinski definition) is 1. The predicted molar refractivity (Wildman–Crippen MR) is 66.1 cm³/mol. The van der Waals surface area contributed by atoms with E-state index in [4.69, 9.17) is 15.0 Å². The molecule has 2 bridgehead atoms. The van der Waals surface area contributed by atoms with Gasteiger partial charge in [-0.1, -0.05) is 18.0 Å². The maximum Gasteiger partial charge on any atom is 0.404 e. The van der Waals surface area contributed by atoms with Gasteiger partial charge in [-0.3, -0.25) is 0 Å². The Balaban J connectivity index is 1.75. The highest BCUT2D eigenvalue weighted by atomic mass is 16.6. The molecule has 1 amide bonds. The Labute approximate surface area is 111 Å². The van der Waals surface area contributed by atoms with Gasteiger partial charge in [0, 0.05) is 6.42 Å². The van der Waals surface area contributed by atoms with E-state index in [1.165, 1.54) is 25.7 Å². The molecule has 0 radical (unpaired) electrons. The fourth-order valence-electron chi connectivity index (χ4n) is 4.00. The van der Waals surface area contributed by atoms with Crippen LogP contribution in [-0.4, -0.2) is 22.3 Å². The first-order chi connectivity index (χ1) is 9.15. The highest BCUT2D eigenvalue weighted by Gasteiger charge is 2.44.